The van der Waals surface area contributed by atoms with E-state index in [1.54, 1.807) is 17.5 Å². The van der Waals surface area contributed by atoms with E-state index in [1.807, 2.05) is 6.07 Å². The van der Waals surface area contributed by atoms with Crippen molar-refractivity contribution in [3.8, 4) is 5.88 Å². The van der Waals surface area contributed by atoms with E-state index in [9.17, 15) is 0 Å². The van der Waals surface area contributed by atoms with Gasteiger partial charge in [-0.2, -0.15) is 0 Å². The number of nitrogens with one attached hydrogen (secondary N) is 1. The lowest BCUT2D eigenvalue weighted by molar-refractivity contribution is 0.310. The molecule has 2 aromatic rings. The van der Waals surface area contributed by atoms with E-state index >= 15 is 0 Å². The average molecular weight is 311 g/mol. The summed E-state index contributed by atoms with van der Waals surface area (Å²) in [5, 5.41) is 6.09. The van der Waals surface area contributed by atoms with Crippen LogP contribution in [0.15, 0.2) is 29.8 Å². The molecule has 0 radical (unpaired) electrons. The van der Waals surface area contributed by atoms with Crippen LogP contribution in [0.4, 0.5) is 0 Å². The summed E-state index contributed by atoms with van der Waals surface area (Å²) in [4.78, 5) is 5.53. The molecule has 3 nitrogen and oxygen atoms in total. The molecule has 0 amide bonds. The van der Waals surface area contributed by atoms with Gasteiger partial charge in [0.1, 0.15) is 0 Å². The Balaban J connectivity index is 1.86. The Hall–Kier alpha value is -1.10. The third-order valence-corrected chi connectivity index (χ3v) is 4.11. The van der Waals surface area contributed by atoms with Gasteiger partial charge in [-0.3, -0.25) is 0 Å². The van der Waals surface area contributed by atoms with Crippen LogP contribution in [0.1, 0.15) is 23.8 Å². The fourth-order valence-electron chi connectivity index (χ4n) is 1.78. The van der Waals surface area contributed by atoms with Crippen LogP contribution in [0.5, 0.6) is 5.88 Å². The minimum absolute atomic E-state index is 0.636. The van der Waals surface area contributed by atoms with Gasteiger partial charge in [0.15, 0.2) is 0 Å². The minimum Gasteiger partial charge on any atom is -0.477 e. The average Bonchev–Trinajstić information content (AvgIpc) is 2.95. The lowest BCUT2D eigenvalue weighted by Gasteiger charge is -2.09. The lowest BCUT2D eigenvalue weighted by atomic mass is 10.2. The van der Waals surface area contributed by atoms with Gasteiger partial charge in [-0.1, -0.05) is 24.6 Å². The smallest absolute Gasteiger partial charge is 0.213 e. The van der Waals surface area contributed by atoms with Crippen molar-refractivity contribution in [1.29, 1.82) is 0 Å². The highest BCUT2D eigenvalue weighted by Crippen LogP contribution is 2.19. The van der Waals surface area contributed by atoms with Crippen molar-refractivity contribution in [1.82, 2.24) is 10.3 Å². The number of halogens is 1. The highest BCUT2D eigenvalue weighted by Gasteiger charge is 2.04. The zero-order valence-corrected chi connectivity index (χ0v) is 13.1. The highest BCUT2D eigenvalue weighted by atomic mass is 35.5. The Bertz CT molecular complexity index is 517. The zero-order chi connectivity index (χ0) is 14.2. The molecule has 2 heterocycles. The Morgan fingerprint density at radius 2 is 2.35 bits per heavy atom. The van der Waals surface area contributed by atoms with Gasteiger partial charge in [-0.15, -0.1) is 11.3 Å². The number of pyridine rings is 1. The maximum Gasteiger partial charge on any atom is 0.213 e. The van der Waals surface area contributed by atoms with Gasteiger partial charge in [-0.05, 0) is 30.0 Å². The second-order valence-corrected chi connectivity index (χ2v) is 5.91. The number of aromatic nitrogens is 1. The molecule has 1 N–H and O–H groups in total. The molecule has 5 heteroatoms. The lowest BCUT2D eigenvalue weighted by Crippen LogP contribution is -2.14. The maximum atomic E-state index is 6.13. The summed E-state index contributed by atoms with van der Waals surface area (Å²) >= 11 is 7.88. The maximum absolute atomic E-state index is 6.13. The molecule has 0 aliphatic rings. The Labute approximate surface area is 129 Å². The fraction of sp³-hybridized carbons (Fsp3) is 0.400. The predicted octanol–water partition coefficient (Wildman–Crippen LogP) is 3.92. The van der Waals surface area contributed by atoms with E-state index in [0.29, 0.717) is 17.5 Å². The molecule has 2 aromatic heterocycles. The highest BCUT2D eigenvalue weighted by molar-refractivity contribution is 7.09. The molecule has 0 saturated carbocycles. The third kappa shape index (κ3) is 4.78. The summed E-state index contributed by atoms with van der Waals surface area (Å²) in [6.07, 6.45) is 3.67. The number of hydrogen-bond donors (Lipinski definition) is 1. The summed E-state index contributed by atoms with van der Waals surface area (Å²) < 4.78 is 5.69. The van der Waals surface area contributed by atoms with E-state index in [1.165, 1.54) is 4.88 Å². The standard InChI is InChI=1S/C15H19ClN2OS/c1-2-6-17-10-12-9-15(18-11-14(12)16)19-7-5-13-4-3-8-20-13/h3-4,8-9,11,17H,2,5-7,10H2,1H3. The van der Waals surface area contributed by atoms with Crippen molar-refractivity contribution in [3.05, 3.63) is 45.2 Å². The first-order valence-corrected chi connectivity index (χ1v) is 8.05. The van der Waals surface area contributed by atoms with Crippen molar-refractivity contribution < 1.29 is 4.74 Å². The van der Waals surface area contributed by atoms with Crippen LogP contribution in [0.25, 0.3) is 0 Å². The van der Waals surface area contributed by atoms with Crippen LogP contribution in [-0.4, -0.2) is 18.1 Å². The molecular formula is C15H19ClN2OS. The van der Waals surface area contributed by atoms with Gasteiger partial charge in [0.2, 0.25) is 5.88 Å². The van der Waals surface area contributed by atoms with E-state index < -0.39 is 0 Å². The molecule has 0 aliphatic heterocycles. The van der Waals surface area contributed by atoms with Gasteiger partial charge < -0.3 is 10.1 Å². The quantitative estimate of drug-likeness (QED) is 0.750. The van der Waals surface area contributed by atoms with Crippen LogP contribution in [-0.2, 0) is 13.0 Å². The van der Waals surface area contributed by atoms with Gasteiger partial charge >= 0.3 is 0 Å². The molecule has 0 unspecified atom stereocenters. The van der Waals surface area contributed by atoms with Crippen LogP contribution >= 0.6 is 22.9 Å². The topological polar surface area (TPSA) is 34.1 Å². The first-order chi connectivity index (χ1) is 9.79. The van der Waals surface area contributed by atoms with Crippen LogP contribution < -0.4 is 10.1 Å². The first-order valence-electron chi connectivity index (χ1n) is 6.80. The van der Waals surface area contributed by atoms with Crippen molar-refractivity contribution in [2.24, 2.45) is 0 Å². The summed E-state index contributed by atoms with van der Waals surface area (Å²) in [5.74, 6) is 0.638. The zero-order valence-electron chi connectivity index (χ0n) is 11.6. The first kappa shape index (κ1) is 15.3. The summed E-state index contributed by atoms with van der Waals surface area (Å²) in [7, 11) is 0. The monoisotopic (exact) mass is 310 g/mol. The van der Waals surface area contributed by atoms with Crippen molar-refractivity contribution >= 4 is 22.9 Å². The molecule has 0 aromatic carbocycles. The SMILES string of the molecule is CCCNCc1cc(OCCc2cccs2)ncc1Cl. The van der Waals surface area contributed by atoms with Crippen LogP contribution in [0, 0.1) is 0 Å². The Morgan fingerprint density at radius 1 is 1.45 bits per heavy atom. The normalized spacial score (nSPS) is 10.7. The molecule has 0 atom stereocenters. The molecule has 2 rings (SSSR count). The van der Waals surface area contributed by atoms with E-state index in [4.69, 9.17) is 16.3 Å². The molecular weight excluding hydrogens is 292 g/mol. The Morgan fingerprint density at radius 3 is 3.10 bits per heavy atom. The van der Waals surface area contributed by atoms with Crippen molar-refractivity contribution in [2.75, 3.05) is 13.2 Å². The second kappa shape index (κ2) is 8.25. The number of thiophene rings is 1. The van der Waals surface area contributed by atoms with E-state index in [0.717, 1.165) is 31.5 Å². The molecule has 108 valence electrons. The van der Waals surface area contributed by atoms with Crippen LogP contribution in [0.3, 0.4) is 0 Å². The van der Waals surface area contributed by atoms with E-state index in [2.05, 4.69) is 34.7 Å². The van der Waals surface area contributed by atoms with Gasteiger partial charge in [0.05, 0.1) is 11.6 Å². The van der Waals surface area contributed by atoms with Crippen molar-refractivity contribution in [2.45, 2.75) is 26.3 Å². The molecule has 0 spiro atoms. The van der Waals surface area contributed by atoms with Gasteiger partial charge in [0, 0.05) is 30.1 Å². The number of hydrogen-bond acceptors (Lipinski definition) is 4. The summed E-state index contributed by atoms with van der Waals surface area (Å²) in [6, 6.07) is 6.08. The molecule has 0 bridgehead atoms. The second-order valence-electron chi connectivity index (χ2n) is 4.47. The van der Waals surface area contributed by atoms with Crippen LogP contribution in [0.2, 0.25) is 5.02 Å². The summed E-state index contributed by atoms with van der Waals surface area (Å²) in [6.45, 7) is 4.50. The largest absolute Gasteiger partial charge is 0.477 e. The number of nitrogens with zero attached hydrogens (tertiary/aromatic N) is 1. The predicted molar refractivity (Wildman–Crippen MR) is 84.8 cm³/mol. The Kier molecular flexibility index (Phi) is 6.30. The van der Waals surface area contributed by atoms with Gasteiger partial charge in [-0.25, -0.2) is 4.98 Å². The molecule has 0 saturated heterocycles. The molecule has 20 heavy (non-hydrogen) atoms. The summed E-state index contributed by atoms with van der Waals surface area (Å²) in [5.41, 5.74) is 1.03. The molecule has 0 fully saturated rings. The van der Waals surface area contributed by atoms with E-state index in [-0.39, 0.29) is 0 Å². The van der Waals surface area contributed by atoms with Crippen molar-refractivity contribution in [3.63, 3.8) is 0 Å². The van der Waals surface area contributed by atoms with Gasteiger partial charge in [0.25, 0.3) is 0 Å². The number of rotatable bonds is 8. The third-order valence-electron chi connectivity index (χ3n) is 2.83. The fourth-order valence-corrected chi connectivity index (χ4v) is 2.64. The number of ether oxygens (including phenoxy) is 1. The minimum atomic E-state index is 0.636. The molecule has 0 aliphatic carbocycles.